The van der Waals surface area contributed by atoms with Gasteiger partial charge in [0, 0.05) is 55.0 Å². The zero-order valence-corrected chi connectivity index (χ0v) is 19.6. The Morgan fingerprint density at radius 3 is 2.46 bits per heavy atom. The van der Waals surface area contributed by atoms with Crippen molar-refractivity contribution in [3.63, 3.8) is 0 Å². The van der Waals surface area contributed by atoms with Crippen molar-refractivity contribution < 1.29 is 23.8 Å². The molecule has 3 aromatic heterocycles. The molecule has 0 radical (unpaired) electrons. The van der Waals surface area contributed by atoms with E-state index in [1.165, 1.54) is 17.2 Å². The van der Waals surface area contributed by atoms with Gasteiger partial charge in [-0.05, 0) is 24.3 Å². The molecule has 0 spiro atoms. The Kier molecular flexibility index (Phi) is 5.48. The second kappa shape index (κ2) is 8.98. The average molecular weight is 498 g/mol. The van der Waals surface area contributed by atoms with Crippen molar-refractivity contribution in [3.8, 4) is 11.4 Å². The van der Waals surface area contributed by atoms with Crippen LogP contribution in [0.4, 0.5) is 4.39 Å². The van der Waals surface area contributed by atoms with Gasteiger partial charge in [0.2, 0.25) is 0 Å². The molecule has 9 nitrogen and oxygen atoms in total. The molecule has 0 bridgehead atoms. The van der Waals surface area contributed by atoms with Gasteiger partial charge in [-0.1, -0.05) is 18.2 Å². The van der Waals surface area contributed by atoms with Crippen LogP contribution in [0.1, 0.15) is 20.7 Å². The van der Waals surface area contributed by atoms with Crippen molar-refractivity contribution >= 4 is 39.5 Å². The molecule has 6 rings (SSSR count). The summed E-state index contributed by atoms with van der Waals surface area (Å²) in [4.78, 5) is 55.7. The topological polar surface area (TPSA) is 116 Å². The fraction of sp³-hybridized carbons (Fsp3) is 0.148. The van der Waals surface area contributed by atoms with E-state index in [-0.39, 0.29) is 29.9 Å². The average Bonchev–Trinajstić information content (AvgIpc) is 3.58. The smallest absolute Gasteiger partial charge is 0.295 e. The van der Waals surface area contributed by atoms with Crippen LogP contribution in [0.3, 0.4) is 0 Å². The zero-order valence-electron chi connectivity index (χ0n) is 19.6. The lowest BCUT2D eigenvalue weighted by Gasteiger charge is -2.34. The van der Waals surface area contributed by atoms with E-state index in [9.17, 15) is 18.8 Å². The molecule has 1 saturated heterocycles. The summed E-state index contributed by atoms with van der Waals surface area (Å²) in [6, 6.07) is 13.6. The number of aromatic nitrogens is 4. The van der Waals surface area contributed by atoms with E-state index in [1.807, 2.05) is 12.1 Å². The Hall–Kier alpha value is -4.86. The van der Waals surface area contributed by atoms with E-state index < -0.39 is 17.5 Å². The van der Waals surface area contributed by atoms with Crippen LogP contribution in [-0.2, 0) is 4.79 Å². The molecule has 4 heterocycles. The van der Waals surface area contributed by atoms with Gasteiger partial charge in [0.1, 0.15) is 22.7 Å². The first kappa shape index (κ1) is 22.6. The second-order valence-corrected chi connectivity index (χ2v) is 8.86. The first-order valence-electron chi connectivity index (χ1n) is 11.8. The van der Waals surface area contributed by atoms with Crippen molar-refractivity contribution in [1.82, 2.24) is 24.8 Å². The van der Waals surface area contributed by atoms with Gasteiger partial charge >= 0.3 is 0 Å². The van der Waals surface area contributed by atoms with Crippen LogP contribution in [0.25, 0.3) is 33.3 Å². The number of amides is 2. The number of nitrogens with one attached hydrogen (secondary N) is 3. The van der Waals surface area contributed by atoms with Crippen molar-refractivity contribution in [2.75, 3.05) is 26.2 Å². The van der Waals surface area contributed by atoms with E-state index in [0.717, 1.165) is 11.0 Å². The number of imidazole rings is 1. The third-order valence-electron chi connectivity index (χ3n) is 6.68. The van der Waals surface area contributed by atoms with E-state index in [4.69, 9.17) is 0 Å². The summed E-state index contributed by atoms with van der Waals surface area (Å²) in [5.74, 6) is -1.75. The highest BCUT2D eigenvalue weighted by molar-refractivity contribution is 6.45. The number of H-pyrrole nitrogens is 3. The van der Waals surface area contributed by atoms with Gasteiger partial charge in [-0.2, -0.15) is 0 Å². The van der Waals surface area contributed by atoms with Gasteiger partial charge < -0.3 is 19.8 Å². The maximum absolute atomic E-state index is 15.0. The fourth-order valence-corrected chi connectivity index (χ4v) is 4.74. The Bertz CT molecular complexity index is 1630. The number of carbonyl (C=O) groups is 3. The number of hydrogen-bond donors (Lipinski definition) is 2. The summed E-state index contributed by atoms with van der Waals surface area (Å²) in [6.07, 6.45) is 4.88. The number of pyridine rings is 1. The number of aromatic amines is 3. The molecule has 0 aliphatic carbocycles. The van der Waals surface area contributed by atoms with E-state index >= 15 is 0 Å². The van der Waals surface area contributed by atoms with E-state index in [1.54, 1.807) is 47.6 Å². The predicted octanol–water partition coefficient (Wildman–Crippen LogP) is 2.83. The molecule has 2 amide bonds. The number of piperazine rings is 1. The Balaban J connectivity index is 1.24. The summed E-state index contributed by atoms with van der Waals surface area (Å²) in [5.41, 5.74) is 2.99. The maximum Gasteiger partial charge on any atom is 0.295 e. The molecule has 0 saturated carbocycles. The number of Topliss-reactive ketones (excluding diaryl/α,β-unsaturated/α-hetero) is 1. The van der Waals surface area contributed by atoms with Gasteiger partial charge in [0.15, 0.2) is 12.4 Å². The van der Waals surface area contributed by atoms with Crippen LogP contribution in [-0.4, -0.2) is 68.5 Å². The molecule has 5 aromatic rings. The molecule has 0 atom stereocenters. The number of rotatable bonds is 4. The lowest BCUT2D eigenvalue weighted by Crippen LogP contribution is -2.52. The number of nitrogens with zero attached hydrogens (tertiary/aromatic N) is 3. The minimum atomic E-state index is -0.802. The standard InChI is InChI=1S/C27H21FN6O3/c28-19-7-6-17(25-31-20-8-9-29-15-21(20)32-25)23-22(19)18(14-30-23)24(35)27(37)34-12-10-33(11-13-34)26(36)16-4-2-1-3-5-16/h1-9,14-15,30H,10-13H2,(H,31,32)/p+1. The molecule has 37 heavy (non-hydrogen) atoms. The van der Waals surface area contributed by atoms with Crippen LogP contribution < -0.4 is 4.98 Å². The molecule has 1 fully saturated rings. The van der Waals surface area contributed by atoms with Crippen molar-refractivity contribution in [2.24, 2.45) is 0 Å². The third kappa shape index (κ3) is 3.92. The van der Waals surface area contributed by atoms with Crippen LogP contribution >= 0.6 is 0 Å². The summed E-state index contributed by atoms with van der Waals surface area (Å²) < 4.78 is 15.0. The normalized spacial score (nSPS) is 13.9. The monoisotopic (exact) mass is 497 g/mol. The van der Waals surface area contributed by atoms with Gasteiger partial charge in [-0.25, -0.2) is 14.4 Å². The summed E-state index contributed by atoms with van der Waals surface area (Å²) >= 11 is 0. The molecule has 10 heteroatoms. The summed E-state index contributed by atoms with van der Waals surface area (Å²) in [6.45, 7) is 1.05. The predicted molar refractivity (Wildman–Crippen MR) is 133 cm³/mol. The highest BCUT2D eigenvalue weighted by atomic mass is 19.1. The number of carbonyl (C=O) groups excluding carboxylic acids is 3. The summed E-state index contributed by atoms with van der Waals surface area (Å²) in [5, 5.41) is 0.0424. The first-order chi connectivity index (χ1) is 18.0. The number of benzene rings is 2. The SMILES string of the molecule is O=C(C(=O)N1CCN(C(=O)c2ccccc2)CC1)c1c[nH]c2c(-c3nc4cc[nH+]cc4[nH]3)ccc(F)c12. The number of hydrogen-bond acceptors (Lipinski definition) is 4. The summed E-state index contributed by atoms with van der Waals surface area (Å²) in [7, 11) is 0. The van der Waals surface area contributed by atoms with Crippen molar-refractivity contribution in [1.29, 1.82) is 0 Å². The quantitative estimate of drug-likeness (QED) is 0.293. The molecule has 0 unspecified atom stereocenters. The number of ketones is 1. The maximum atomic E-state index is 15.0. The highest BCUT2D eigenvalue weighted by Gasteiger charge is 2.31. The molecule has 1 aliphatic rings. The number of halogens is 1. The molecule has 1 aliphatic heterocycles. The molecule has 184 valence electrons. The van der Waals surface area contributed by atoms with Crippen LogP contribution in [0.2, 0.25) is 0 Å². The number of fused-ring (bicyclic) bond motifs is 2. The van der Waals surface area contributed by atoms with Gasteiger partial charge in [0.25, 0.3) is 17.6 Å². The third-order valence-corrected chi connectivity index (χ3v) is 6.68. The molecule has 3 N–H and O–H groups in total. The largest absolute Gasteiger partial charge is 0.360 e. The van der Waals surface area contributed by atoms with Gasteiger partial charge in [-0.15, -0.1) is 0 Å². The van der Waals surface area contributed by atoms with E-state index in [0.29, 0.717) is 35.6 Å². The lowest BCUT2D eigenvalue weighted by molar-refractivity contribution is -0.376. The van der Waals surface area contributed by atoms with Crippen molar-refractivity contribution in [3.05, 3.63) is 84.1 Å². The first-order valence-corrected chi connectivity index (χ1v) is 11.8. The van der Waals surface area contributed by atoms with E-state index in [2.05, 4.69) is 19.9 Å². The minimum Gasteiger partial charge on any atom is -0.360 e. The Morgan fingerprint density at radius 2 is 1.70 bits per heavy atom. The second-order valence-electron chi connectivity index (χ2n) is 8.86. The minimum absolute atomic E-state index is 0.0356. The van der Waals surface area contributed by atoms with Crippen LogP contribution in [0.5, 0.6) is 0 Å². The van der Waals surface area contributed by atoms with Crippen LogP contribution in [0.15, 0.2) is 67.1 Å². The molecular formula is C27H22FN6O3+. The lowest BCUT2D eigenvalue weighted by atomic mass is 10.0. The Labute approximate surface area is 209 Å². The van der Waals surface area contributed by atoms with Crippen molar-refractivity contribution in [2.45, 2.75) is 0 Å². The fourth-order valence-electron chi connectivity index (χ4n) is 4.74. The Morgan fingerprint density at radius 1 is 0.946 bits per heavy atom. The van der Waals surface area contributed by atoms with Gasteiger partial charge in [-0.3, -0.25) is 14.4 Å². The van der Waals surface area contributed by atoms with Gasteiger partial charge in [0.05, 0.1) is 11.1 Å². The molecular weight excluding hydrogens is 475 g/mol. The highest BCUT2D eigenvalue weighted by Crippen LogP contribution is 2.31. The molecule has 2 aromatic carbocycles. The van der Waals surface area contributed by atoms with Crippen LogP contribution in [0, 0.1) is 5.82 Å². The zero-order chi connectivity index (χ0) is 25.5.